The van der Waals surface area contributed by atoms with Crippen LogP contribution in [0.25, 0.3) is 0 Å². The molecule has 4 heteroatoms. The van der Waals surface area contributed by atoms with E-state index in [2.05, 4.69) is 5.32 Å². The molecule has 1 aliphatic rings. The molecule has 0 atom stereocenters. The second-order valence-corrected chi connectivity index (χ2v) is 2.89. The first-order valence-corrected chi connectivity index (χ1v) is 4.19. The number of rotatable bonds is 3. The van der Waals surface area contributed by atoms with Gasteiger partial charge < -0.3 is 14.8 Å². The molecule has 4 nitrogen and oxygen atoms in total. The van der Waals surface area contributed by atoms with E-state index in [1.54, 1.807) is 0 Å². The quantitative estimate of drug-likeness (QED) is 0.649. The molecule has 1 aliphatic heterocycles. The minimum atomic E-state index is -0.0376. The molecule has 0 bridgehead atoms. The van der Waals surface area contributed by atoms with E-state index in [-0.39, 0.29) is 18.6 Å². The van der Waals surface area contributed by atoms with Crippen LogP contribution in [-0.4, -0.2) is 38.9 Å². The van der Waals surface area contributed by atoms with Crippen molar-refractivity contribution in [1.82, 2.24) is 5.32 Å². The highest BCUT2D eigenvalue weighted by molar-refractivity contribution is 5.77. The number of hydrogen-bond acceptors (Lipinski definition) is 3. The topological polar surface area (TPSA) is 47.6 Å². The summed E-state index contributed by atoms with van der Waals surface area (Å²) in [5.41, 5.74) is 0. The molecule has 0 radical (unpaired) electrons. The number of methoxy groups -OCH3 is 1. The number of carbonyl (C=O) groups excluding carboxylic acids is 1. The molecule has 1 rings (SSSR count). The molecule has 1 heterocycles. The lowest BCUT2D eigenvalue weighted by molar-refractivity contribution is -0.126. The largest absolute Gasteiger partial charge is 0.381 e. The van der Waals surface area contributed by atoms with Crippen molar-refractivity contribution in [3.05, 3.63) is 0 Å². The summed E-state index contributed by atoms with van der Waals surface area (Å²) in [6, 6.07) is 0.279. The smallest absolute Gasteiger partial charge is 0.246 e. The van der Waals surface area contributed by atoms with Gasteiger partial charge in [0.05, 0.1) is 0 Å². The van der Waals surface area contributed by atoms with Gasteiger partial charge in [-0.3, -0.25) is 4.79 Å². The van der Waals surface area contributed by atoms with Gasteiger partial charge in [-0.1, -0.05) is 0 Å². The number of amides is 1. The van der Waals surface area contributed by atoms with Crippen LogP contribution in [0.5, 0.6) is 0 Å². The Morgan fingerprint density at radius 2 is 2.25 bits per heavy atom. The average molecular weight is 173 g/mol. The molecule has 1 fully saturated rings. The maximum absolute atomic E-state index is 11.0. The number of carbonyl (C=O) groups is 1. The first-order chi connectivity index (χ1) is 5.83. The zero-order valence-corrected chi connectivity index (χ0v) is 7.34. The lowest BCUT2D eigenvalue weighted by atomic mass is 10.1. The zero-order chi connectivity index (χ0) is 8.81. The lowest BCUT2D eigenvalue weighted by Crippen LogP contribution is -2.40. The Balaban J connectivity index is 2.15. The third-order valence-corrected chi connectivity index (χ3v) is 1.86. The van der Waals surface area contributed by atoms with E-state index >= 15 is 0 Å². The monoisotopic (exact) mass is 173 g/mol. The molecule has 0 aromatic heterocycles. The summed E-state index contributed by atoms with van der Waals surface area (Å²) < 4.78 is 9.86. The van der Waals surface area contributed by atoms with Gasteiger partial charge in [0.25, 0.3) is 0 Å². The Hall–Kier alpha value is -0.610. The maximum atomic E-state index is 11.0. The predicted octanol–water partition coefficient (Wildman–Crippen LogP) is -0.0720. The van der Waals surface area contributed by atoms with Gasteiger partial charge in [-0.2, -0.15) is 0 Å². The number of hydrogen-bond donors (Lipinski definition) is 1. The van der Waals surface area contributed by atoms with Crippen LogP contribution in [0.2, 0.25) is 0 Å². The molecular formula is C8H15NO3. The molecule has 0 aromatic rings. The minimum Gasteiger partial charge on any atom is -0.381 e. The highest BCUT2D eigenvalue weighted by Crippen LogP contribution is 2.05. The fourth-order valence-corrected chi connectivity index (χ4v) is 1.24. The second kappa shape index (κ2) is 5.11. The van der Waals surface area contributed by atoms with Crippen molar-refractivity contribution in [2.45, 2.75) is 18.9 Å². The summed E-state index contributed by atoms with van der Waals surface area (Å²) in [5.74, 6) is -0.0376. The highest BCUT2D eigenvalue weighted by Gasteiger charge is 2.15. The average Bonchev–Trinajstić information content (AvgIpc) is 2.06. The summed E-state index contributed by atoms with van der Waals surface area (Å²) in [6.07, 6.45) is 1.82. The van der Waals surface area contributed by atoms with Crippen LogP contribution in [0.3, 0.4) is 0 Å². The minimum absolute atomic E-state index is 0.0376. The molecule has 0 unspecified atom stereocenters. The number of ether oxygens (including phenoxy) is 2. The first kappa shape index (κ1) is 9.48. The Morgan fingerprint density at radius 1 is 1.58 bits per heavy atom. The molecule has 70 valence electrons. The van der Waals surface area contributed by atoms with Gasteiger partial charge >= 0.3 is 0 Å². The summed E-state index contributed by atoms with van der Waals surface area (Å²) in [5, 5.41) is 2.88. The van der Waals surface area contributed by atoms with Gasteiger partial charge in [-0.05, 0) is 12.8 Å². The summed E-state index contributed by atoms with van der Waals surface area (Å²) in [7, 11) is 1.52. The SMILES string of the molecule is COCC(=O)NC1CCOCC1. The fraction of sp³-hybridized carbons (Fsp3) is 0.875. The van der Waals surface area contributed by atoms with Gasteiger partial charge in [0, 0.05) is 26.4 Å². The van der Waals surface area contributed by atoms with Crippen molar-refractivity contribution in [3.63, 3.8) is 0 Å². The zero-order valence-electron chi connectivity index (χ0n) is 7.34. The lowest BCUT2D eigenvalue weighted by Gasteiger charge is -2.22. The normalized spacial score (nSPS) is 19.1. The van der Waals surface area contributed by atoms with Crippen LogP contribution < -0.4 is 5.32 Å². The van der Waals surface area contributed by atoms with E-state index in [0.717, 1.165) is 26.1 Å². The summed E-state index contributed by atoms with van der Waals surface area (Å²) in [4.78, 5) is 11.0. The van der Waals surface area contributed by atoms with E-state index in [9.17, 15) is 4.79 Å². The van der Waals surface area contributed by atoms with Gasteiger partial charge in [-0.25, -0.2) is 0 Å². The molecular weight excluding hydrogens is 158 g/mol. The van der Waals surface area contributed by atoms with Gasteiger partial charge in [0.2, 0.25) is 5.91 Å². The highest BCUT2D eigenvalue weighted by atomic mass is 16.5. The van der Waals surface area contributed by atoms with Crippen molar-refractivity contribution in [2.24, 2.45) is 0 Å². The maximum Gasteiger partial charge on any atom is 0.246 e. The van der Waals surface area contributed by atoms with Crippen LogP contribution in [0, 0.1) is 0 Å². The molecule has 0 saturated carbocycles. The molecule has 1 amide bonds. The molecule has 1 saturated heterocycles. The Kier molecular flexibility index (Phi) is 4.04. The van der Waals surface area contributed by atoms with Crippen LogP contribution in [-0.2, 0) is 14.3 Å². The van der Waals surface area contributed by atoms with Crippen molar-refractivity contribution >= 4 is 5.91 Å². The van der Waals surface area contributed by atoms with E-state index in [1.807, 2.05) is 0 Å². The second-order valence-electron chi connectivity index (χ2n) is 2.89. The van der Waals surface area contributed by atoms with Gasteiger partial charge in [0.1, 0.15) is 6.61 Å². The summed E-state index contributed by atoms with van der Waals surface area (Å²) in [6.45, 7) is 1.65. The van der Waals surface area contributed by atoms with Gasteiger partial charge in [0.15, 0.2) is 0 Å². The van der Waals surface area contributed by atoms with Crippen LogP contribution in [0.1, 0.15) is 12.8 Å². The van der Waals surface area contributed by atoms with E-state index in [4.69, 9.17) is 9.47 Å². The van der Waals surface area contributed by atoms with E-state index in [1.165, 1.54) is 7.11 Å². The third kappa shape index (κ3) is 3.19. The van der Waals surface area contributed by atoms with Crippen LogP contribution in [0.15, 0.2) is 0 Å². The van der Waals surface area contributed by atoms with Gasteiger partial charge in [-0.15, -0.1) is 0 Å². The Bertz CT molecular complexity index is 143. The standard InChI is InChI=1S/C8H15NO3/c1-11-6-8(10)9-7-2-4-12-5-3-7/h7H,2-6H2,1H3,(H,9,10). The Morgan fingerprint density at radius 3 is 2.83 bits per heavy atom. The fourth-order valence-electron chi connectivity index (χ4n) is 1.24. The van der Waals surface area contributed by atoms with E-state index in [0.29, 0.717) is 0 Å². The molecule has 0 aromatic carbocycles. The number of nitrogens with one attached hydrogen (secondary N) is 1. The van der Waals surface area contributed by atoms with Crippen LogP contribution in [0.4, 0.5) is 0 Å². The predicted molar refractivity (Wildman–Crippen MR) is 43.9 cm³/mol. The van der Waals surface area contributed by atoms with Crippen molar-refractivity contribution in [1.29, 1.82) is 0 Å². The molecule has 1 N–H and O–H groups in total. The molecule has 0 spiro atoms. The third-order valence-electron chi connectivity index (χ3n) is 1.86. The van der Waals surface area contributed by atoms with Crippen LogP contribution >= 0.6 is 0 Å². The van der Waals surface area contributed by atoms with Crippen molar-refractivity contribution in [3.8, 4) is 0 Å². The van der Waals surface area contributed by atoms with E-state index < -0.39 is 0 Å². The molecule has 0 aliphatic carbocycles. The molecule has 12 heavy (non-hydrogen) atoms. The Labute approximate surface area is 72.2 Å². The first-order valence-electron chi connectivity index (χ1n) is 4.19. The van der Waals surface area contributed by atoms with Crippen molar-refractivity contribution in [2.75, 3.05) is 26.9 Å². The summed E-state index contributed by atoms with van der Waals surface area (Å²) >= 11 is 0. The van der Waals surface area contributed by atoms with Crippen molar-refractivity contribution < 1.29 is 14.3 Å².